The van der Waals surface area contributed by atoms with Gasteiger partial charge in [0.1, 0.15) is 5.82 Å². The van der Waals surface area contributed by atoms with Crippen molar-refractivity contribution >= 4 is 0 Å². The predicted molar refractivity (Wildman–Crippen MR) is 57.9 cm³/mol. The normalized spacial score (nSPS) is 13.2. The molecule has 0 saturated heterocycles. The SMILES string of the molecule is CC(C)Cc1ncc(CC(C)N)cn1. The van der Waals surface area contributed by atoms with Crippen LogP contribution in [0.3, 0.4) is 0 Å². The highest BCUT2D eigenvalue weighted by atomic mass is 14.9. The van der Waals surface area contributed by atoms with Crippen molar-refractivity contribution in [3.05, 3.63) is 23.8 Å². The molecular weight excluding hydrogens is 174 g/mol. The summed E-state index contributed by atoms with van der Waals surface area (Å²) >= 11 is 0. The van der Waals surface area contributed by atoms with Crippen LogP contribution < -0.4 is 5.73 Å². The molecule has 78 valence electrons. The summed E-state index contributed by atoms with van der Waals surface area (Å²) in [7, 11) is 0. The van der Waals surface area contributed by atoms with Gasteiger partial charge in [-0.25, -0.2) is 9.97 Å². The van der Waals surface area contributed by atoms with Gasteiger partial charge in [-0.1, -0.05) is 13.8 Å². The average Bonchev–Trinajstić information content (AvgIpc) is 2.06. The van der Waals surface area contributed by atoms with E-state index in [2.05, 4.69) is 23.8 Å². The summed E-state index contributed by atoms with van der Waals surface area (Å²) in [5, 5.41) is 0. The molecule has 14 heavy (non-hydrogen) atoms. The molecule has 0 saturated carbocycles. The van der Waals surface area contributed by atoms with Crippen LogP contribution in [-0.2, 0) is 12.8 Å². The van der Waals surface area contributed by atoms with Gasteiger partial charge in [0.25, 0.3) is 0 Å². The molecule has 3 heteroatoms. The molecule has 0 bridgehead atoms. The highest BCUT2D eigenvalue weighted by Crippen LogP contribution is 2.04. The smallest absolute Gasteiger partial charge is 0.128 e. The van der Waals surface area contributed by atoms with Gasteiger partial charge in [0.05, 0.1) is 0 Å². The van der Waals surface area contributed by atoms with Crippen molar-refractivity contribution in [1.29, 1.82) is 0 Å². The van der Waals surface area contributed by atoms with Gasteiger partial charge in [-0.3, -0.25) is 0 Å². The number of rotatable bonds is 4. The Morgan fingerprint density at radius 1 is 1.14 bits per heavy atom. The van der Waals surface area contributed by atoms with Crippen molar-refractivity contribution in [1.82, 2.24) is 9.97 Å². The summed E-state index contributed by atoms with van der Waals surface area (Å²) in [4.78, 5) is 8.61. The number of aromatic nitrogens is 2. The zero-order valence-electron chi connectivity index (χ0n) is 9.20. The maximum Gasteiger partial charge on any atom is 0.128 e. The monoisotopic (exact) mass is 193 g/mol. The lowest BCUT2D eigenvalue weighted by Gasteiger charge is -2.06. The van der Waals surface area contributed by atoms with Crippen molar-refractivity contribution in [2.45, 2.75) is 39.7 Å². The lowest BCUT2D eigenvalue weighted by Crippen LogP contribution is -2.18. The highest BCUT2D eigenvalue weighted by molar-refractivity contribution is 5.06. The topological polar surface area (TPSA) is 51.8 Å². The molecule has 0 amide bonds. The van der Waals surface area contributed by atoms with Gasteiger partial charge in [0.15, 0.2) is 0 Å². The van der Waals surface area contributed by atoms with Crippen LogP contribution in [0, 0.1) is 5.92 Å². The fourth-order valence-electron chi connectivity index (χ4n) is 1.33. The van der Waals surface area contributed by atoms with Crippen LogP contribution in [0.15, 0.2) is 12.4 Å². The standard InChI is InChI=1S/C11H19N3/c1-8(2)4-11-13-6-10(7-14-11)5-9(3)12/h6-9H,4-5,12H2,1-3H3. The lowest BCUT2D eigenvalue weighted by molar-refractivity contribution is 0.618. The van der Waals surface area contributed by atoms with Crippen molar-refractivity contribution in [2.75, 3.05) is 0 Å². The molecule has 0 radical (unpaired) electrons. The van der Waals surface area contributed by atoms with E-state index in [-0.39, 0.29) is 6.04 Å². The zero-order valence-corrected chi connectivity index (χ0v) is 9.20. The molecule has 1 atom stereocenters. The first-order valence-electron chi connectivity index (χ1n) is 5.13. The molecule has 0 fully saturated rings. The van der Waals surface area contributed by atoms with Gasteiger partial charge >= 0.3 is 0 Å². The van der Waals surface area contributed by atoms with Crippen LogP contribution in [0.1, 0.15) is 32.2 Å². The zero-order chi connectivity index (χ0) is 10.6. The highest BCUT2D eigenvalue weighted by Gasteiger charge is 2.02. The minimum absolute atomic E-state index is 0.176. The third-order valence-corrected chi connectivity index (χ3v) is 1.91. The van der Waals surface area contributed by atoms with Crippen LogP contribution in [-0.4, -0.2) is 16.0 Å². The first-order valence-corrected chi connectivity index (χ1v) is 5.13. The van der Waals surface area contributed by atoms with Gasteiger partial charge in [-0.15, -0.1) is 0 Å². The van der Waals surface area contributed by atoms with Crippen molar-refractivity contribution < 1.29 is 0 Å². The largest absolute Gasteiger partial charge is 0.328 e. The Labute approximate surface area is 85.8 Å². The molecule has 0 aliphatic heterocycles. The molecule has 0 spiro atoms. The molecule has 3 nitrogen and oxygen atoms in total. The van der Waals surface area contributed by atoms with Crippen LogP contribution in [0.5, 0.6) is 0 Å². The van der Waals surface area contributed by atoms with Crippen LogP contribution in [0.2, 0.25) is 0 Å². The van der Waals surface area contributed by atoms with Gasteiger partial charge in [0, 0.05) is 24.9 Å². The van der Waals surface area contributed by atoms with Gasteiger partial charge < -0.3 is 5.73 Å². The first-order chi connectivity index (χ1) is 6.58. The molecule has 0 aliphatic carbocycles. The summed E-state index contributed by atoms with van der Waals surface area (Å²) in [5.41, 5.74) is 6.81. The molecule has 1 heterocycles. The first kappa shape index (κ1) is 11.1. The second kappa shape index (κ2) is 5.05. The summed E-state index contributed by atoms with van der Waals surface area (Å²) in [6, 6.07) is 0.176. The molecule has 0 aromatic carbocycles. The van der Waals surface area contributed by atoms with E-state index in [9.17, 15) is 0 Å². The summed E-state index contributed by atoms with van der Waals surface area (Å²) in [6.45, 7) is 6.32. The Bertz CT molecular complexity index is 235. The van der Waals surface area contributed by atoms with Crippen molar-refractivity contribution in [3.8, 4) is 0 Å². The van der Waals surface area contributed by atoms with Crippen LogP contribution in [0.25, 0.3) is 0 Å². The Morgan fingerprint density at radius 2 is 1.71 bits per heavy atom. The summed E-state index contributed by atoms with van der Waals surface area (Å²) in [6.07, 6.45) is 5.56. The molecular formula is C11H19N3. The van der Waals surface area contributed by atoms with Crippen LogP contribution in [0.4, 0.5) is 0 Å². The molecule has 0 aliphatic rings. The van der Waals surface area contributed by atoms with E-state index >= 15 is 0 Å². The van der Waals surface area contributed by atoms with Crippen molar-refractivity contribution in [2.24, 2.45) is 11.7 Å². The number of hydrogen-bond donors (Lipinski definition) is 1. The number of hydrogen-bond acceptors (Lipinski definition) is 3. The van der Waals surface area contributed by atoms with E-state index < -0.39 is 0 Å². The fraction of sp³-hybridized carbons (Fsp3) is 0.636. The third-order valence-electron chi connectivity index (χ3n) is 1.91. The van der Waals surface area contributed by atoms with E-state index in [0.717, 1.165) is 24.2 Å². The molecule has 2 N–H and O–H groups in total. The van der Waals surface area contributed by atoms with Crippen LogP contribution >= 0.6 is 0 Å². The van der Waals surface area contributed by atoms with E-state index in [4.69, 9.17) is 5.73 Å². The molecule has 1 aromatic heterocycles. The average molecular weight is 193 g/mol. The van der Waals surface area contributed by atoms with Gasteiger partial charge in [-0.2, -0.15) is 0 Å². The Hall–Kier alpha value is -0.960. The quantitative estimate of drug-likeness (QED) is 0.789. The molecule has 1 unspecified atom stereocenters. The summed E-state index contributed by atoms with van der Waals surface area (Å²) < 4.78 is 0. The van der Waals surface area contributed by atoms with E-state index in [0.29, 0.717) is 5.92 Å². The predicted octanol–water partition coefficient (Wildman–Crippen LogP) is 1.56. The van der Waals surface area contributed by atoms with Gasteiger partial charge in [-0.05, 0) is 24.8 Å². The fourth-order valence-corrected chi connectivity index (χ4v) is 1.33. The maximum absolute atomic E-state index is 5.69. The second-order valence-corrected chi connectivity index (χ2v) is 4.29. The minimum Gasteiger partial charge on any atom is -0.328 e. The van der Waals surface area contributed by atoms with Gasteiger partial charge in [0.2, 0.25) is 0 Å². The van der Waals surface area contributed by atoms with Crippen molar-refractivity contribution in [3.63, 3.8) is 0 Å². The second-order valence-electron chi connectivity index (χ2n) is 4.29. The lowest BCUT2D eigenvalue weighted by atomic mass is 10.1. The van der Waals surface area contributed by atoms with E-state index in [1.54, 1.807) is 0 Å². The Balaban J connectivity index is 2.59. The third kappa shape index (κ3) is 3.83. The van der Waals surface area contributed by atoms with E-state index in [1.807, 2.05) is 19.3 Å². The molecule has 1 rings (SSSR count). The maximum atomic E-state index is 5.69. The minimum atomic E-state index is 0.176. The van der Waals surface area contributed by atoms with E-state index in [1.165, 1.54) is 0 Å². The summed E-state index contributed by atoms with van der Waals surface area (Å²) in [5.74, 6) is 1.53. The number of nitrogens with zero attached hydrogens (tertiary/aromatic N) is 2. The number of nitrogens with two attached hydrogens (primary N) is 1. The Kier molecular flexibility index (Phi) is 4.01. The Morgan fingerprint density at radius 3 is 2.14 bits per heavy atom. The molecule has 1 aromatic rings.